The van der Waals surface area contributed by atoms with Gasteiger partial charge in [-0.1, -0.05) is 155 Å². The van der Waals surface area contributed by atoms with Crippen LogP contribution < -0.4 is 0 Å². The van der Waals surface area contributed by atoms with Gasteiger partial charge >= 0.3 is 0 Å². The lowest BCUT2D eigenvalue weighted by Crippen LogP contribution is -2.50. The molecule has 0 radical (unpaired) electrons. The molecule has 0 aliphatic rings. The quantitative estimate of drug-likeness (QED) is 0.0360. The van der Waals surface area contributed by atoms with Crippen molar-refractivity contribution >= 4 is 26.0 Å². The third-order valence-corrected chi connectivity index (χ3v) is 10.1. The molecule has 0 aromatic heterocycles. The van der Waals surface area contributed by atoms with Gasteiger partial charge in [0.1, 0.15) is 16.7 Å². The molecule has 6 heteroatoms. The molecule has 0 N–H and O–H groups in total. The second-order valence-electron chi connectivity index (χ2n) is 13.1. The Kier molecular flexibility index (Phi) is 31.1. The van der Waals surface area contributed by atoms with Crippen LogP contribution in [0.25, 0.3) is 0 Å². The summed E-state index contributed by atoms with van der Waals surface area (Å²) in [6.07, 6.45) is 34.0. The average molecular weight is 713 g/mol. The van der Waals surface area contributed by atoms with Crippen LogP contribution in [-0.2, 0) is 10.1 Å². The smallest absolute Gasteiger partial charge is 0.141 e. The summed E-state index contributed by atoms with van der Waals surface area (Å²) < 4.78 is 32.1. The Morgan fingerprint density at radius 1 is 0.556 bits per heavy atom. The van der Waals surface area contributed by atoms with Crippen LogP contribution in [0, 0.1) is 10.8 Å². The largest absolute Gasteiger partial charge is 0.744 e. The van der Waals surface area contributed by atoms with E-state index in [0.717, 1.165) is 6.54 Å². The molecule has 0 amide bonds. The normalized spacial score (nSPS) is 11.5. The Morgan fingerprint density at radius 2 is 0.867 bits per heavy atom. The van der Waals surface area contributed by atoms with Gasteiger partial charge in [0.2, 0.25) is 0 Å². The van der Waals surface area contributed by atoms with E-state index in [2.05, 4.69) is 47.5 Å². The number of quaternary nitrogens is 1. The first-order valence-electron chi connectivity index (χ1n) is 18.8. The summed E-state index contributed by atoms with van der Waals surface area (Å²) in [6, 6.07) is 7.19. The molecule has 0 atom stereocenters. The lowest BCUT2D eigenvalue weighted by Gasteiger charge is -2.38. The monoisotopic (exact) mass is 711 g/mol. The van der Waals surface area contributed by atoms with Gasteiger partial charge in [-0.05, 0) is 61.4 Å². The van der Waals surface area contributed by atoms with E-state index in [1.807, 2.05) is 0 Å². The Morgan fingerprint density at radius 3 is 1.13 bits per heavy atom. The molecule has 0 saturated heterocycles. The van der Waals surface area contributed by atoms with Gasteiger partial charge in [0, 0.05) is 15.9 Å². The summed E-state index contributed by atoms with van der Waals surface area (Å²) in [5.74, 6) is 3.45. The van der Waals surface area contributed by atoms with Crippen LogP contribution in [0.1, 0.15) is 175 Å². The summed E-state index contributed by atoms with van der Waals surface area (Å²) >= 11 is 3.40. The van der Waals surface area contributed by atoms with Gasteiger partial charge in [-0.3, -0.25) is 0 Å². The fourth-order valence-electron chi connectivity index (χ4n) is 6.10. The van der Waals surface area contributed by atoms with E-state index in [-0.39, 0.29) is 4.90 Å². The molecule has 45 heavy (non-hydrogen) atoms. The van der Waals surface area contributed by atoms with Crippen molar-refractivity contribution in [3.8, 4) is 10.8 Å². The van der Waals surface area contributed by atoms with Crippen molar-refractivity contribution in [1.82, 2.24) is 0 Å². The standard InChI is InChI=1S/C33H65BrN.C6H6O3S/c1-4-7-10-13-16-19-22-25-30-35(33-28-29-34,31-26-23-20-17-14-11-8-5-2)32-27-24-21-18-15-12-9-6-3;7-10(8,9)6-4-2-1-3-5-6/h4-27,30-33H2,1-3H3;1-5H,(H,7,8,9)/q+1;/p-1. The van der Waals surface area contributed by atoms with E-state index in [9.17, 15) is 13.0 Å². The molecule has 1 aromatic carbocycles. The molecule has 4 nitrogen and oxygen atoms in total. The van der Waals surface area contributed by atoms with Gasteiger partial charge in [0.05, 0.1) is 24.5 Å². The first-order chi connectivity index (χ1) is 21.8. The summed E-state index contributed by atoms with van der Waals surface area (Å²) in [5, 5.41) is 0. The molecule has 0 saturated carbocycles. The summed E-state index contributed by atoms with van der Waals surface area (Å²) in [5.41, 5.74) is 0. The number of benzene rings is 1. The van der Waals surface area contributed by atoms with Crippen molar-refractivity contribution in [3.05, 3.63) is 30.3 Å². The van der Waals surface area contributed by atoms with Crippen LogP contribution in [0.15, 0.2) is 35.2 Å². The Balaban J connectivity index is 0.00000162. The van der Waals surface area contributed by atoms with E-state index >= 15 is 0 Å². The number of nitrogens with zero attached hydrogens (tertiary/aromatic N) is 1. The van der Waals surface area contributed by atoms with Crippen LogP contribution in [0.3, 0.4) is 0 Å². The van der Waals surface area contributed by atoms with Crippen LogP contribution >= 0.6 is 15.9 Å². The van der Waals surface area contributed by atoms with Crippen molar-refractivity contribution in [3.63, 3.8) is 0 Å². The van der Waals surface area contributed by atoms with Gasteiger partial charge in [0.15, 0.2) is 0 Å². The van der Waals surface area contributed by atoms with Gasteiger partial charge in [-0.2, -0.15) is 0 Å². The SMILES string of the molecule is CCCCCCCCCC[N+](CC#CBr)(CCCCCCCCCC)CCCCCCCCCC.O=S(=O)([O-])c1ccccc1. The second kappa shape index (κ2) is 31.7. The lowest BCUT2D eigenvalue weighted by molar-refractivity contribution is -0.922. The summed E-state index contributed by atoms with van der Waals surface area (Å²) in [4.78, 5) is 2.88. The van der Waals surface area contributed by atoms with Crippen molar-refractivity contribution in [2.24, 2.45) is 0 Å². The zero-order valence-electron chi connectivity index (χ0n) is 29.6. The molecule has 0 fully saturated rings. The molecule has 1 aromatic rings. The van der Waals surface area contributed by atoms with Crippen LogP contribution in [-0.4, -0.2) is 43.6 Å². The molecule has 0 unspecified atom stereocenters. The van der Waals surface area contributed by atoms with Gasteiger partial charge < -0.3 is 9.04 Å². The second-order valence-corrected chi connectivity index (χ2v) is 14.9. The third kappa shape index (κ3) is 27.9. The number of rotatable bonds is 29. The number of hydrogen-bond donors (Lipinski definition) is 0. The highest BCUT2D eigenvalue weighted by Gasteiger charge is 2.25. The Hall–Kier alpha value is -0.870. The minimum Gasteiger partial charge on any atom is -0.744 e. The summed E-state index contributed by atoms with van der Waals surface area (Å²) in [6.45, 7) is 12.0. The van der Waals surface area contributed by atoms with Crippen LogP contribution in [0.2, 0.25) is 0 Å². The molecule has 1 rings (SSSR count). The van der Waals surface area contributed by atoms with Gasteiger partial charge in [-0.25, -0.2) is 8.42 Å². The van der Waals surface area contributed by atoms with E-state index in [0.29, 0.717) is 0 Å². The van der Waals surface area contributed by atoms with Crippen LogP contribution in [0.5, 0.6) is 0 Å². The predicted octanol–water partition coefficient (Wildman–Crippen LogP) is 12.2. The topological polar surface area (TPSA) is 57.2 Å². The number of halogens is 1. The highest BCUT2D eigenvalue weighted by Crippen LogP contribution is 2.19. The molecule has 0 bridgehead atoms. The summed E-state index contributed by atoms with van der Waals surface area (Å²) in [7, 11) is -4.25. The predicted molar refractivity (Wildman–Crippen MR) is 199 cm³/mol. The van der Waals surface area contributed by atoms with Gasteiger partial charge in [-0.15, -0.1) is 0 Å². The minimum atomic E-state index is -4.25. The zero-order valence-corrected chi connectivity index (χ0v) is 32.0. The van der Waals surface area contributed by atoms with Crippen molar-refractivity contribution in [1.29, 1.82) is 0 Å². The first-order valence-corrected chi connectivity index (χ1v) is 21.0. The third-order valence-electron chi connectivity index (χ3n) is 8.97. The molecule has 0 aliphatic heterocycles. The maximum atomic E-state index is 10.3. The average Bonchev–Trinajstić information content (AvgIpc) is 3.04. The lowest BCUT2D eigenvalue weighted by atomic mass is 10.0. The maximum absolute atomic E-state index is 10.3. The van der Waals surface area contributed by atoms with E-state index in [4.69, 9.17) is 0 Å². The highest BCUT2D eigenvalue weighted by molar-refractivity contribution is 9.12. The molecular formula is C39H70BrNO3S. The maximum Gasteiger partial charge on any atom is 0.141 e. The van der Waals surface area contributed by atoms with E-state index in [1.54, 1.807) is 6.07 Å². The zero-order chi connectivity index (χ0) is 33.3. The van der Waals surface area contributed by atoms with Crippen LogP contribution in [0.4, 0.5) is 0 Å². The van der Waals surface area contributed by atoms with Crippen molar-refractivity contribution < 1.29 is 17.5 Å². The van der Waals surface area contributed by atoms with Gasteiger partial charge in [0.25, 0.3) is 0 Å². The molecule has 0 spiro atoms. The fraction of sp³-hybridized carbons (Fsp3) is 0.795. The molecule has 262 valence electrons. The molecular weight excluding hydrogens is 642 g/mol. The fourth-order valence-corrected chi connectivity index (χ4v) is 6.72. The minimum absolute atomic E-state index is 0.185. The number of unbranched alkanes of at least 4 members (excludes halogenated alkanes) is 21. The first kappa shape index (κ1) is 44.1. The number of hydrogen-bond acceptors (Lipinski definition) is 3. The van der Waals surface area contributed by atoms with E-state index in [1.165, 1.54) is 202 Å². The Bertz CT molecular complexity index is 876. The van der Waals surface area contributed by atoms with E-state index < -0.39 is 10.1 Å². The highest BCUT2D eigenvalue weighted by atomic mass is 79.9. The Labute approximate surface area is 289 Å². The molecule has 0 heterocycles. The van der Waals surface area contributed by atoms with Crippen molar-refractivity contribution in [2.75, 3.05) is 26.2 Å². The molecule has 0 aliphatic carbocycles. The van der Waals surface area contributed by atoms with Crippen molar-refractivity contribution in [2.45, 2.75) is 180 Å².